The summed E-state index contributed by atoms with van der Waals surface area (Å²) in [7, 11) is 0. The van der Waals surface area contributed by atoms with Crippen LogP contribution in [0.2, 0.25) is 0 Å². The SMILES string of the molecule is CCCNC(=O)c1cc(-c2ccc(F)cc2)nc2onc(C)c12. The highest BCUT2D eigenvalue weighted by atomic mass is 19.1. The average Bonchev–Trinajstić information content (AvgIpc) is 2.94. The number of rotatable bonds is 4. The van der Waals surface area contributed by atoms with Gasteiger partial charge in [0, 0.05) is 12.1 Å². The first-order valence-electron chi connectivity index (χ1n) is 7.41. The fraction of sp³-hybridized carbons (Fsp3) is 0.235. The van der Waals surface area contributed by atoms with Crippen LogP contribution in [0.5, 0.6) is 0 Å². The molecule has 1 amide bonds. The van der Waals surface area contributed by atoms with Crippen LogP contribution in [0.4, 0.5) is 4.39 Å². The van der Waals surface area contributed by atoms with Gasteiger partial charge < -0.3 is 9.84 Å². The molecule has 2 heterocycles. The molecular weight excluding hydrogens is 297 g/mol. The fourth-order valence-electron chi connectivity index (χ4n) is 2.38. The highest BCUT2D eigenvalue weighted by Gasteiger charge is 2.19. The van der Waals surface area contributed by atoms with Gasteiger partial charge in [0.05, 0.1) is 22.3 Å². The molecule has 0 saturated heterocycles. The number of fused-ring (bicyclic) bond motifs is 1. The van der Waals surface area contributed by atoms with Gasteiger partial charge in [-0.15, -0.1) is 0 Å². The van der Waals surface area contributed by atoms with Crippen LogP contribution < -0.4 is 5.32 Å². The molecule has 0 aliphatic rings. The Balaban J connectivity index is 2.14. The summed E-state index contributed by atoms with van der Waals surface area (Å²) in [6, 6.07) is 7.61. The maximum atomic E-state index is 13.1. The lowest BCUT2D eigenvalue weighted by Crippen LogP contribution is -2.24. The van der Waals surface area contributed by atoms with E-state index in [2.05, 4.69) is 15.5 Å². The topological polar surface area (TPSA) is 68.0 Å². The van der Waals surface area contributed by atoms with E-state index in [1.807, 2.05) is 6.92 Å². The first-order chi connectivity index (χ1) is 11.1. The number of nitrogens with one attached hydrogen (secondary N) is 1. The number of amides is 1. The summed E-state index contributed by atoms with van der Waals surface area (Å²) in [5.74, 6) is -0.528. The zero-order valence-electron chi connectivity index (χ0n) is 12.9. The van der Waals surface area contributed by atoms with Crippen molar-refractivity contribution in [2.45, 2.75) is 20.3 Å². The van der Waals surface area contributed by atoms with Crippen LogP contribution in [0.1, 0.15) is 29.4 Å². The number of nitrogens with zero attached hydrogens (tertiary/aromatic N) is 2. The summed E-state index contributed by atoms with van der Waals surface area (Å²) in [6.07, 6.45) is 0.841. The number of halogens is 1. The van der Waals surface area contributed by atoms with E-state index in [-0.39, 0.29) is 11.7 Å². The average molecular weight is 313 g/mol. The van der Waals surface area contributed by atoms with Crippen molar-refractivity contribution in [3.05, 3.63) is 47.4 Å². The summed E-state index contributed by atoms with van der Waals surface area (Å²) in [5, 5.41) is 7.34. The highest BCUT2D eigenvalue weighted by molar-refractivity contribution is 6.06. The number of hydrogen-bond acceptors (Lipinski definition) is 4. The van der Waals surface area contributed by atoms with Crippen molar-refractivity contribution in [1.29, 1.82) is 0 Å². The molecule has 0 unspecified atom stereocenters. The number of aromatic nitrogens is 2. The monoisotopic (exact) mass is 313 g/mol. The lowest BCUT2D eigenvalue weighted by molar-refractivity contribution is 0.0955. The van der Waals surface area contributed by atoms with Crippen LogP contribution in [0.15, 0.2) is 34.9 Å². The molecule has 0 bridgehead atoms. The third-order valence-electron chi connectivity index (χ3n) is 3.54. The van der Waals surface area contributed by atoms with Gasteiger partial charge >= 0.3 is 0 Å². The predicted octanol–water partition coefficient (Wildman–Crippen LogP) is 3.48. The first kappa shape index (κ1) is 15.1. The van der Waals surface area contributed by atoms with Crippen LogP contribution >= 0.6 is 0 Å². The molecule has 0 fully saturated rings. The Morgan fingerprint density at radius 3 is 2.74 bits per heavy atom. The van der Waals surface area contributed by atoms with Gasteiger partial charge in [0.2, 0.25) is 0 Å². The van der Waals surface area contributed by atoms with E-state index in [0.29, 0.717) is 40.2 Å². The van der Waals surface area contributed by atoms with Crippen LogP contribution in [0.25, 0.3) is 22.4 Å². The van der Waals surface area contributed by atoms with Gasteiger partial charge in [-0.05, 0) is 43.7 Å². The van der Waals surface area contributed by atoms with Gasteiger partial charge in [0.25, 0.3) is 11.6 Å². The summed E-state index contributed by atoms with van der Waals surface area (Å²) in [5.41, 5.74) is 2.61. The van der Waals surface area contributed by atoms with Crippen LogP contribution in [-0.2, 0) is 0 Å². The quantitative estimate of drug-likeness (QED) is 0.800. The third kappa shape index (κ3) is 2.92. The Hall–Kier alpha value is -2.76. The van der Waals surface area contributed by atoms with E-state index in [1.165, 1.54) is 12.1 Å². The molecule has 1 N–H and O–H groups in total. The van der Waals surface area contributed by atoms with Crippen molar-refractivity contribution < 1.29 is 13.7 Å². The molecular formula is C17H16FN3O2. The van der Waals surface area contributed by atoms with Crippen molar-refractivity contribution in [2.24, 2.45) is 0 Å². The van der Waals surface area contributed by atoms with E-state index < -0.39 is 0 Å². The maximum Gasteiger partial charge on any atom is 0.259 e. The van der Waals surface area contributed by atoms with Crippen molar-refractivity contribution in [3.63, 3.8) is 0 Å². The Labute approximate surface area is 132 Å². The molecule has 0 aliphatic heterocycles. The lowest BCUT2D eigenvalue weighted by atomic mass is 10.1. The summed E-state index contributed by atoms with van der Waals surface area (Å²) in [4.78, 5) is 16.8. The largest absolute Gasteiger partial charge is 0.352 e. The highest BCUT2D eigenvalue weighted by Crippen LogP contribution is 2.27. The molecule has 118 valence electrons. The second-order valence-corrected chi connectivity index (χ2v) is 5.27. The minimum Gasteiger partial charge on any atom is -0.352 e. The van der Waals surface area contributed by atoms with Gasteiger partial charge in [-0.2, -0.15) is 0 Å². The fourth-order valence-corrected chi connectivity index (χ4v) is 2.38. The summed E-state index contributed by atoms with van der Waals surface area (Å²) in [6.45, 7) is 4.33. The van der Waals surface area contributed by atoms with Crippen molar-refractivity contribution in [3.8, 4) is 11.3 Å². The predicted molar refractivity (Wildman–Crippen MR) is 84.6 cm³/mol. The van der Waals surface area contributed by atoms with E-state index >= 15 is 0 Å². The molecule has 1 aromatic carbocycles. The standard InChI is InChI=1S/C17H16FN3O2/c1-3-8-19-16(22)13-9-14(11-4-6-12(18)7-5-11)20-17-15(13)10(2)21-23-17/h4-7,9H,3,8H2,1-2H3,(H,19,22). The minimum absolute atomic E-state index is 0.200. The molecule has 0 saturated carbocycles. The van der Waals surface area contributed by atoms with E-state index in [9.17, 15) is 9.18 Å². The molecule has 5 nitrogen and oxygen atoms in total. The molecule has 2 aromatic heterocycles. The van der Waals surface area contributed by atoms with Crippen molar-refractivity contribution in [2.75, 3.05) is 6.54 Å². The second kappa shape index (κ2) is 6.16. The van der Waals surface area contributed by atoms with Crippen LogP contribution in [0, 0.1) is 12.7 Å². The zero-order valence-corrected chi connectivity index (χ0v) is 12.9. The number of benzene rings is 1. The first-order valence-corrected chi connectivity index (χ1v) is 7.41. The molecule has 0 spiro atoms. The Morgan fingerprint density at radius 2 is 2.04 bits per heavy atom. The second-order valence-electron chi connectivity index (χ2n) is 5.27. The maximum absolute atomic E-state index is 13.1. The van der Waals surface area contributed by atoms with E-state index in [0.717, 1.165) is 6.42 Å². The number of aryl methyl sites for hydroxylation is 1. The van der Waals surface area contributed by atoms with Gasteiger partial charge in [-0.1, -0.05) is 12.1 Å². The van der Waals surface area contributed by atoms with E-state index in [4.69, 9.17) is 4.52 Å². The number of hydrogen-bond donors (Lipinski definition) is 1. The molecule has 6 heteroatoms. The van der Waals surface area contributed by atoms with Gasteiger partial charge in [-0.3, -0.25) is 4.79 Å². The smallest absolute Gasteiger partial charge is 0.259 e. The number of carbonyl (C=O) groups excluding carboxylic acids is 1. The molecule has 3 aromatic rings. The number of carbonyl (C=O) groups is 1. The van der Waals surface area contributed by atoms with Gasteiger partial charge in [0.15, 0.2) is 0 Å². The van der Waals surface area contributed by atoms with Gasteiger partial charge in [0.1, 0.15) is 5.82 Å². The molecule has 3 rings (SSSR count). The Kier molecular flexibility index (Phi) is 4.06. The third-order valence-corrected chi connectivity index (χ3v) is 3.54. The normalized spacial score (nSPS) is 10.9. The Bertz CT molecular complexity index is 856. The van der Waals surface area contributed by atoms with Crippen molar-refractivity contribution >= 4 is 17.0 Å². The molecule has 0 radical (unpaired) electrons. The molecule has 0 aliphatic carbocycles. The Morgan fingerprint density at radius 1 is 1.30 bits per heavy atom. The lowest BCUT2D eigenvalue weighted by Gasteiger charge is -2.07. The van der Waals surface area contributed by atoms with Crippen LogP contribution in [0.3, 0.4) is 0 Å². The molecule has 23 heavy (non-hydrogen) atoms. The van der Waals surface area contributed by atoms with E-state index in [1.54, 1.807) is 25.1 Å². The van der Waals surface area contributed by atoms with Crippen LogP contribution in [-0.4, -0.2) is 22.6 Å². The summed E-state index contributed by atoms with van der Waals surface area (Å²) >= 11 is 0. The summed E-state index contributed by atoms with van der Waals surface area (Å²) < 4.78 is 18.3. The minimum atomic E-state index is -0.328. The molecule has 0 atom stereocenters. The van der Waals surface area contributed by atoms with Crippen molar-refractivity contribution in [1.82, 2.24) is 15.5 Å². The number of pyridine rings is 1. The van der Waals surface area contributed by atoms with Gasteiger partial charge in [-0.25, -0.2) is 9.37 Å². The zero-order chi connectivity index (χ0) is 16.4.